The lowest BCUT2D eigenvalue weighted by Crippen LogP contribution is -2.31. The van der Waals surface area contributed by atoms with Crippen LogP contribution in [-0.4, -0.2) is 42.5 Å². The van der Waals surface area contributed by atoms with Gasteiger partial charge in [0.25, 0.3) is 0 Å². The first-order valence-electron chi connectivity index (χ1n) is 9.15. The summed E-state index contributed by atoms with van der Waals surface area (Å²) in [7, 11) is 1.68. The Kier molecular flexibility index (Phi) is 4.57. The third-order valence-corrected chi connectivity index (χ3v) is 5.23. The number of nitrogens with one attached hydrogen (secondary N) is 1. The van der Waals surface area contributed by atoms with E-state index in [-0.39, 0.29) is 5.91 Å². The fourth-order valence-electron chi connectivity index (χ4n) is 3.60. The minimum absolute atomic E-state index is 0.252. The number of carbonyl (C=O) groups is 1. The SMILES string of the molecule is COc1cccc2ccc(CN3CC[C@@H](CNC(=O)C4CC4)C3)nc12. The molecule has 0 spiro atoms. The average molecular weight is 339 g/mol. The van der Waals surface area contributed by atoms with Crippen molar-refractivity contribution >= 4 is 16.8 Å². The predicted molar refractivity (Wildman–Crippen MR) is 97.4 cm³/mol. The van der Waals surface area contributed by atoms with Gasteiger partial charge in [-0.2, -0.15) is 0 Å². The van der Waals surface area contributed by atoms with Crippen molar-refractivity contribution in [1.82, 2.24) is 15.2 Å². The molecule has 132 valence electrons. The molecule has 2 fully saturated rings. The van der Waals surface area contributed by atoms with Gasteiger partial charge in [-0.05, 0) is 43.9 Å². The second-order valence-electron chi connectivity index (χ2n) is 7.24. The number of rotatable bonds is 6. The molecule has 1 amide bonds. The van der Waals surface area contributed by atoms with Gasteiger partial charge in [-0.3, -0.25) is 9.69 Å². The molecule has 25 heavy (non-hydrogen) atoms. The molecule has 1 saturated carbocycles. The number of para-hydroxylation sites is 1. The molecule has 1 aromatic heterocycles. The molecule has 0 radical (unpaired) electrons. The van der Waals surface area contributed by atoms with E-state index in [2.05, 4.69) is 28.4 Å². The highest BCUT2D eigenvalue weighted by Gasteiger charge is 2.30. The van der Waals surface area contributed by atoms with Crippen LogP contribution in [0.25, 0.3) is 10.9 Å². The molecule has 2 aliphatic rings. The summed E-state index contributed by atoms with van der Waals surface area (Å²) in [6.07, 6.45) is 3.28. The Labute approximate surface area is 148 Å². The molecule has 2 aromatic rings. The molecule has 0 bridgehead atoms. The number of aromatic nitrogens is 1. The largest absolute Gasteiger partial charge is 0.494 e. The highest BCUT2D eigenvalue weighted by atomic mass is 16.5. The van der Waals surface area contributed by atoms with E-state index in [1.165, 1.54) is 0 Å². The summed E-state index contributed by atoms with van der Waals surface area (Å²) in [6.45, 7) is 3.75. The lowest BCUT2D eigenvalue weighted by molar-refractivity contribution is -0.122. The smallest absolute Gasteiger partial charge is 0.223 e. The molecule has 5 nitrogen and oxygen atoms in total. The normalized spacial score (nSPS) is 20.8. The van der Waals surface area contributed by atoms with Gasteiger partial charge in [0.2, 0.25) is 5.91 Å². The summed E-state index contributed by atoms with van der Waals surface area (Å²) in [4.78, 5) is 19.0. The van der Waals surface area contributed by atoms with Crippen LogP contribution in [-0.2, 0) is 11.3 Å². The molecule has 1 N–H and O–H groups in total. The number of likely N-dealkylation sites (tertiary alicyclic amines) is 1. The number of fused-ring (bicyclic) bond motifs is 1. The molecule has 1 atom stereocenters. The van der Waals surface area contributed by atoms with Gasteiger partial charge in [0, 0.05) is 30.9 Å². The number of hydrogen-bond acceptors (Lipinski definition) is 4. The summed E-state index contributed by atoms with van der Waals surface area (Å²) in [5, 5.41) is 4.21. The number of nitrogens with zero attached hydrogens (tertiary/aromatic N) is 2. The summed E-state index contributed by atoms with van der Waals surface area (Å²) < 4.78 is 5.43. The summed E-state index contributed by atoms with van der Waals surface area (Å²) in [6, 6.07) is 10.2. The molecule has 0 unspecified atom stereocenters. The highest BCUT2D eigenvalue weighted by molar-refractivity contribution is 5.84. The number of methoxy groups -OCH3 is 1. The molecule has 5 heteroatoms. The monoisotopic (exact) mass is 339 g/mol. The fourth-order valence-corrected chi connectivity index (χ4v) is 3.60. The second kappa shape index (κ2) is 7.00. The number of carbonyl (C=O) groups excluding carboxylic acids is 1. The fraction of sp³-hybridized carbons (Fsp3) is 0.500. The van der Waals surface area contributed by atoms with Crippen LogP contribution in [0.3, 0.4) is 0 Å². The van der Waals surface area contributed by atoms with Crippen molar-refractivity contribution in [2.45, 2.75) is 25.8 Å². The van der Waals surface area contributed by atoms with Crippen molar-refractivity contribution < 1.29 is 9.53 Å². The van der Waals surface area contributed by atoms with Crippen LogP contribution in [0.4, 0.5) is 0 Å². The van der Waals surface area contributed by atoms with E-state index >= 15 is 0 Å². The van der Waals surface area contributed by atoms with E-state index in [1.54, 1.807) is 7.11 Å². The molecular weight excluding hydrogens is 314 g/mol. The molecule has 1 aliphatic heterocycles. The van der Waals surface area contributed by atoms with Gasteiger partial charge in [-0.1, -0.05) is 18.2 Å². The standard InChI is InChI=1S/C20H25N3O2/c1-25-18-4-2-3-15-7-8-17(22-19(15)18)13-23-10-9-14(12-23)11-21-20(24)16-5-6-16/h2-4,7-8,14,16H,5-6,9-13H2,1H3,(H,21,24)/t14-/m0/s1. The minimum atomic E-state index is 0.252. The first-order chi connectivity index (χ1) is 12.2. The van der Waals surface area contributed by atoms with Crippen LogP contribution in [0.2, 0.25) is 0 Å². The molecule has 2 heterocycles. The lowest BCUT2D eigenvalue weighted by Gasteiger charge is -2.16. The van der Waals surface area contributed by atoms with E-state index in [4.69, 9.17) is 9.72 Å². The van der Waals surface area contributed by atoms with E-state index < -0.39 is 0 Å². The van der Waals surface area contributed by atoms with Crippen LogP contribution < -0.4 is 10.1 Å². The van der Waals surface area contributed by atoms with E-state index in [9.17, 15) is 4.79 Å². The topological polar surface area (TPSA) is 54.5 Å². The van der Waals surface area contributed by atoms with Crippen molar-refractivity contribution in [1.29, 1.82) is 0 Å². The highest BCUT2D eigenvalue weighted by Crippen LogP contribution is 2.29. The van der Waals surface area contributed by atoms with Crippen LogP contribution in [0.5, 0.6) is 5.75 Å². The molecule has 1 aliphatic carbocycles. The summed E-state index contributed by atoms with van der Waals surface area (Å²) in [5.41, 5.74) is 2.00. The van der Waals surface area contributed by atoms with Gasteiger partial charge in [-0.15, -0.1) is 0 Å². The van der Waals surface area contributed by atoms with Crippen LogP contribution in [0.15, 0.2) is 30.3 Å². The van der Waals surface area contributed by atoms with Crippen molar-refractivity contribution in [3.63, 3.8) is 0 Å². The zero-order valence-corrected chi connectivity index (χ0v) is 14.7. The maximum atomic E-state index is 11.8. The van der Waals surface area contributed by atoms with Crippen LogP contribution in [0, 0.1) is 11.8 Å². The van der Waals surface area contributed by atoms with Gasteiger partial charge in [-0.25, -0.2) is 4.98 Å². The first-order valence-corrected chi connectivity index (χ1v) is 9.15. The van der Waals surface area contributed by atoms with Crippen molar-refractivity contribution in [2.75, 3.05) is 26.7 Å². The van der Waals surface area contributed by atoms with Crippen molar-refractivity contribution in [2.24, 2.45) is 11.8 Å². The Balaban J connectivity index is 1.36. The third kappa shape index (κ3) is 3.76. The Morgan fingerprint density at radius 2 is 2.16 bits per heavy atom. The number of hydrogen-bond donors (Lipinski definition) is 1. The van der Waals surface area contributed by atoms with E-state index in [0.29, 0.717) is 11.8 Å². The maximum Gasteiger partial charge on any atom is 0.223 e. The number of benzene rings is 1. The van der Waals surface area contributed by atoms with E-state index in [0.717, 1.165) is 67.8 Å². The predicted octanol–water partition coefficient (Wildman–Crippen LogP) is 2.59. The van der Waals surface area contributed by atoms with Gasteiger partial charge in [0.1, 0.15) is 11.3 Å². The summed E-state index contributed by atoms with van der Waals surface area (Å²) >= 11 is 0. The number of pyridine rings is 1. The maximum absolute atomic E-state index is 11.8. The second-order valence-corrected chi connectivity index (χ2v) is 7.24. The quantitative estimate of drug-likeness (QED) is 0.879. The third-order valence-electron chi connectivity index (χ3n) is 5.23. The Bertz CT molecular complexity index is 773. The zero-order valence-electron chi connectivity index (χ0n) is 14.7. The summed E-state index contributed by atoms with van der Waals surface area (Å²) in [5.74, 6) is 1.93. The van der Waals surface area contributed by atoms with Crippen LogP contribution in [0.1, 0.15) is 25.0 Å². The minimum Gasteiger partial charge on any atom is -0.494 e. The lowest BCUT2D eigenvalue weighted by atomic mass is 10.1. The van der Waals surface area contributed by atoms with Crippen molar-refractivity contribution in [3.8, 4) is 5.75 Å². The first kappa shape index (κ1) is 16.3. The van der Waals surface area contributed by atoms with Gasteiger partial charge >= 0.3 is 0 Å². The van der Waals surface area contributed by atoms with Gasteiger partial charge in [0.15, 0.2) is 0 Å². The Hall–Kier alpha value is -2.14. The average Bonchev–Trinajstić information content (AvgIpc) is 3.40. The zero-order chi connectivity index (χ0) is 17.2. The number of ether oxygens (including phenoxy) is 1. The van der Waals surface area contributed by atoms with Gasteiger partial charge in [0.05, 0.1) is 12.8 Å². The Morgan fingerprint density at radius 3 is 2.96 bits per heavy atom. The van der Waals surface area contributed by atoms with Crippen LogP contribution >= 0.6 is 0 Å². The van der Waals surface area contributed by atoms with E-state index in [1.807, 2.05) is 12.1 Å². The molecular formula is C20H25N3O2. The molecule has 4 rings (SSSR count). The van der Waals surface area contributed by atoms with Gasteiger partial charge < -0.3 is 10.1 Å². The number of amides is 1. The Morgan fingerprint density at radius 1 is 1.28 bits per heavy atom. The molecule has 1 saturated heterocycles. The molecule has 1 aromatic carbocycles. The van der Waals surface area contributed by atoms with Crippen molar-refractivity contribution in [3.05, 3.63) is 36.0 Å².